The van der Waals surface area contributed by atoms with Crippen molar-refractivity contribution in [3.05, 3.63) is 30.3 Å². The van der Waals surface area contributed by atoms with Gasteiger partial charge in [-0.15, -0.1) is 12.6 Å². The van der Waals surface area contributed by atoms with Crippen molar-refractivity contribution < 1.29 is 9.05 Å². The van der Waals surface area contributed by atoms with Crippen LogP contribution >= 0.6 is 21.0 Å². The molecule has 4 heteroatoms. The second-order valence-corrected chi connectivity index (χ2v) is 4.86. The van der Waals surface area contributed by atoms with E-state index < -0.39 is 8.38 Å². The maximum atomic E-state index is 5.63. The monoisotopic (exact) mass is 214 g/mol. The van der Waals surface area contributed by atoms with E-state index in [9.17, 15) is 0 Å². The van der Waals surface area contributed by atoms with Crippen molar-refractivity contribution in [3.63, 3.8) is 0 Å². The highest BCUT2D eigenvalue weighted by Gasteiger charge is 2.32. The number of rotatable bonds is 1. The topological polar surface area (TPSA) is 18.5 Å². The highest BCUT2D eigenvalue weighted by atomic mass is 32.1. The van der Waals surface area contributed by atoms with Gasteiger partial charge >= 0.3 is 0 Å². The third-order valence-corrected chi connectivity index (χ3v) is 4.19. The van der Waals surface area contributed by atoms with Crippen LogP contribution in [0.4, 0.5) is 0 Å². The van der Waals surface area contributed by atoms with E-state index in [1.54, 1.807) is 0 Å². The van der Waals surface area contributed by atoms with Crippen molar-refractivity contribution in [2.24, 2.45) is 0 Å². The molecule has 2 nitrogen and oxygen atoms in total. The second kappa shape index (κ2) is 3.97. The van der Waals surface area contributed by atoms with Crippen LogP contribution in [0.1, 0.15) is 6.92 Å². The molecule has 0 spiro atoms. The quantitative estimate of drug-likeness (QED) is 0.571. The Morgan fingerprint density at radius 2 is 1.92 bits per heavy atom. The summed E-state index contributed by atoms with van der Waals surface area (Å²) >= 11 is 4.27. The molecule has 3 atom stereocenters. The molecule has 0 saturated carbocycles. The third kappa shape index (κ3) is 2.05. The van der Waals surface area contributed by atoms with Gasteiger partial charge in [-0.2, -0.15) is 0 Å². The van der Waals surface area contributed by atoms with Gasteiger partial charge in [0.05, 0.1) is 6.10 Å². The fourth-order valence-corrected chi connectivity index (χ4v) is 2.99. The van der Waals surface area contributed by atoms with Gasteiger partial charge in [-0.05, 0) is 19.1 Å². The Balaban J connectivity index is 2.12. The fourth-order valence-electron chi connectivity index (χ4n) is 1.08. The summed E-state index contributed by atoms with van der Waals surface area (Å²) in [7, 11) is -0.895. The van der Waals surface area contributed by atoms with Crippen molar-refractivity contribution in [2.45, 2.75) is 18.5 Å². The number of hydrogen-bond donors (Lipinski definition) is 1. The second-order valence-electron chi connectivity index (χ2n) is 2.90. The molecular weight excluding hydrogens is 203 g/mol. The first-order valence-electron chi connectivity index (χ1n) is 4.14. The minimum absolute atomic E-state index is 0.0784. The van der Waals surface area contributed by atoms with Crippen molar-refractivity contribution in [1.29, 1.82) is 0 Å². The summed E-state index contributed by atoms with van der Waals surface area (Å²) in [5, 5.41) is 1.11. The molecule has 0 aromatic heterocycles. The predicted molar refractivity (Wildman–Crippen MR) is 57.4 cm³/mol. The molecule has 1 aromatic rings. The lowest BCUT2D eigenvalue weighted by Crippen LogP contribution is -2.10. The Morgan fingerprint density at radius 1 is 1.23 bits per heavy atom. The summed E-state index contributed by atoms with van der Waals surface area (Å²) in [6, 6.07) is 9.99. The van der Waals surface area contributed by atoms with Gasteiger partial charge in [0.25, 0.3) is 0 Å². The molecule has 1 aliphatic heterocycles. The molecule has 0 radical (unpaired) electrons. The summed E-state index contributed by atoms with van der Waals surface area (Å²) in [6.07, 6.45) is 0.0784. The van der Waals surface area contributed by atoms with Crippen molar-refractivity contribution in [1.82, 2.24) is 0 Å². The van der Waals surface area contributed by atoms with E-state index in [-0.39, 0.29) is 11.5 Å². The van der Waals surface area contributed by atoms with Crippen molar-refractivity contribution in [3.8, 4) is 0 Å². The van der Waals surface area contributed by atoms with Crippen LogP contribution in [0.2, 0.25) is 0 Å². The van der Waals surface area contributed by atoms with Gasteiger partial charge in [0.2, 0.25) is 8.38 Å². The molecule has 70 valence electrons. The Hall–Kier alpha value is -0.0800. The molecule has 13 heavy (non-hydrogen) atoms. The Labute approximate surface area is 84.6 Å². The van der Waals surface area contributed by atoms with Crippen LogP contribution < -0.4 is 5.30 Å². The highest BCUT2D eigenvalue weighted by Crippen LogP contribution is 2.48. The SMILES string of the molecule is CC1OP(c2ccccc2)OC1S. The maximum Gasteiger partial charge on any atom is 0.206 e. The molecule has 3 unspecified atom stereocenters. The molecule has 0 N–H and O–H groups in total. The molecule has 0 aliphatic carbocycles. The molecule has 1 heterocycles. The van der Waals surface area contributed by atoms with Gasteiger partial charge in [-0.25, -0.2) is 0 Å². The van der Waals surface area contributed by atoms with E-state index in [4.69, 9.17) is 9.05 Å². The minimum Gasteiger partial charge on any atom is -0.324 e. The first-order chi connectivity index (χ1) is 6.27. The summed E-state index contributed by atoms with van der Waals surface area (Å²) in [6.45, 7) is 1.98. The smallest absolute Gasteiger partial charge is 0.206 e. The Bertz CT molecular complexity index is 270. The van der Waals surface area contributed by atoms with E-state index >= 15 is 0 Å². The number of hydrogen-bond acceptors (Lipinski definition) is 3. The standard InChI is InChI=1S/C9H11O2PS/c1-7-9(13)11-12(10-7)8-5-3-2-4-6-8/h2-7,9,13H,1H3. The number of benzene rings is 1. The fraction of sp³-hybridized carbons (Fsp3) is 0.333. The molecule has 1 aromatic carbocycles. The first kappa shape index (κ1) is 9.47. The van der Waals surface area contributed by atoms with E-state index in [1.165, 1.54) is 0 Å². The predicted octanol–water partition coefficient (Wildman–Crippen LogP) is 2.32. The summed E-state index contributed by atoms with van der Waals surface area (Å²) < 4.78 is 11.2. The van der Waals surface area contributed by atoms with E-state index in [0.29, 0.717) is 0 Å². The van der Waals surface area contributed by atoms with E-state index in [1.807, 2.05) is 37.3 Å². The zero-order chi connectivity index (χ0) is 9.26. The van der Waals surface area contributed by atoms with Crippen LogP contribution in [0.3, 0.4) is 0 Å². The molecule has 1 saturated heterocycles. The van der Waals surface area contributed by atoms with E-state index in [2.05, 4.69) is 12.6 Å². The molecule has 1 fully saturated rings. The van der Waals surface area contributed by atoms with Gasteiger partial charge < -0.3 is 9.05 Å². The molecule has 0 amide bonds. The third-order valence-electron chi connectivity index (χ3n) is 1.83. The lowest BCUT2D eigenvalue weighted by molar-refractivity contribution is 0.241. The van der Waals surface area contributed by atoms with E-state index in [0.717, 1.165) is 5.30 Å². The Kier molecular flexibility index (Phi) is 2.89. The molecular formula is C9H11O2PS. The van der Waals surface area contributed by atoms with Gasteiger partial charge in [0.1, 0.15) is 5.44 Å². The molecule has 1 aliphatic rings. The van der Waals surface area contributed by atoms with Gasteiger partial charge in [-0.3, -0.25) is 0 Å². The van der Waals surface area contributed by atoms with Crippen LogP contribution in [-0.4, -0.2) is 11.5 Å². The summed E-state index contributed by atoms with van der Waals surface area (Å²) in [5.41, 5.74) is -0.0914. The average molecular weight is 214 g/mol. The number of thiol groups is 1. The normalized spacial score (nSPS) is 33.5. The van der Waals surface area contributed by atoms with Crippen LogP contribution in [0.5, 0.6) is 0 Å². The van der Waals surface area contributed by atoms with Crippen LogP contribution in [0.25, 0.3) is 0 Å². The Morgan fingerprint density at radius 3 is 2.46 bits per heavy atom. The highest BCUT2D eigenvalue weighted by molar-refractivity contribution is 7.81. The van der Waals surface area contributed by atoms with Crippen molar-refractivity contribution in [2.75, 3.05) is 0 Å². The van der Waals surface area contributed by atoms with Crippen molar-refractivity contribution >= 4 is 26.3 Å². The first-order valence-corrected chi connectivity index (χ1v) is 5.83. The lowest BCUT2D eigenvalue weighted by atomic mass is 10.4. The van der Waals surface area contributed by atoms with Crippen LogP contribution in [0, 0.1) is 0 Å². The summed E-state index contributed by atoms with van der Waals surface area (Å²) in [5.74, 6) is 0. The molecule has 0 bridgehead atoms. The van der Waals surface area contributed by atoms with Crippen LogP contribution in [0.15, 0.2) is 30.3 Å². The summed E-state index contributed by atoms with van der Waals surface area (Å²) in [4.78, 5) is 0. The molecule has 2 rings (SSSR count). The van der Waals surface area contributed by atoms with Gasteiger partial charge in [-0.1, -0.05) is 18.2 Å². The van der Waals surface area contributed by atoms with Gasteiger partial charge in [0.15, 0.2) is 0 Å². The zero-order valence-electron chi connectivity index (χ0n) is 7.25. The lowest BCUT2D eigenvalue weighted by Gasteiger charge is -2.07. The maximum absolute atomic E-state index is 5.63. The average Bonchev–Trinajstić information content (AvgIpc) is 2.49. The zero-order valence-corrected chi connectivity index (χ0v) is 9.04. The van der Waals surface area contributed by atoms with Gasteiger partial charge in [0, 0.05) is 5.30 Å². The largest absolute Gasteiger partial charge is 0.324 e. The minimum atomic E-state index is -0.895. The van der Waals surface area contributed by atoms with Crippen LogP contribution in [-0.2, 0) is 9.05 Å².